The molecule has 1 spiro atoms. The van der Waals surface area contributed by atoms with E-state index in [1.54, 1.807) is 0 Å². The molecular formula is C27H35N5. The summed E-state index contributed by atoms with van der Waals surface area (Å²) in [5.41, 5.74) is 12.7. The maximum absolute atomic E-state index is 10.1. The third-order valence-corrected chi connectivity index (χ3v) is 8.60. The lowest BCUT2D eigenvalue weighted by molar-refractivity contribution is 0.321. The van der Waals surface area contributed by atoms with Crippen molar-refractivity contribution < 1.29 is 0 Å². The highest BCUT2D eigenvalue weighted by molar-refractivity contribution is 5.64. The quantitative estimate of drug-likeness (QED) is 0.676. The SMILES string of the molecule is CCc1nc2c(c(N3CC(C)C3C)n1)CC[C@@]1(CCC[C@H](C)c3ccc(N)c(C#N)c31)C2. The van der Waals surface area contributed by atoms with Crippen molar-refractivity contribution in [3.05, 3.63) is 45.9 Å². The monoisotopic (exact) mass is 429 g/mol. The summed E-state index contributed by atoms with van der Waals surface area (Å²) in [6.45, 7) is 10.1. The van der Waals surface area contributed by atoms with Crippen LogP contribution >= 0.6 is 0 Å². The molecule has 0 bridgehead atoms. The number of anilines is 2. The third kappa shape index (κ3) is 3.10. The molecule has 5 heteroatoms. The molecule has 0 radical (unpaired) electrons. The van der Waals surface area contributed by atoms with Gasteiger partial charge in [-0.2, -0.15) is 5.26 Å². The second kappa shape index (κ2) is 7.76. The Morgan fingerprint density at radius 3 is 2.72 bits per heavy atom. The minimum atomic E-state index is -0.0575. The van der Waals surface area contributed by atoms with Crippen LogP contribution in [0, 0.1) is 17.2 Å². The average molecular weight is 430 g/mol. The van der Waals surface area contributed by atoms with Crippen LogP contribution in [0.1, 0.15) is 93.1 Å². The normalized spacial score (nSPS) is 29.0. The predicted molar refractivity (Wildman–Crippen MR) is 129 cm³/mol. The Morgan fingerprint density at radius 1 is 1.22 bits per heavy atom. The molecule has 1 aromatic heterocycles. The minimum Gasteiger partial charge on any atom is -0.398 e. The van der Waals surface area contributed by atoms with Crippen molar-refractivity contribution in [1.82, 2.24) is 9.97 Å². The molecular weight excluding hydrogens is 394 g/mol. The smallest absolute Gasteiger partial charge is 0.136 e. The van der Waals surface area contributed by atoms with Crippen LogP contribution in [0.15, 0.2) is 12.1 Å². The van der Waals surface area contributed by atoms with Crippen LogP contribution in [-0.4, -0.2) is 22.6 Å². The molecule has 2 heterocycles. The summed E-state index contributed by atoms with van der Waals surface area (Å²) < 4.78 is 0. The summed E-state index contributed by atoms with van der Waals surface area (Å²) in [6.07, 6.45) is 7.18. The first-order chi connectivity index (χ1) is 15.4. The van der Waals surface area contributed by atoms with Gasteiger partial charge in [0, 0.05) is 35.7 Å². The van der Waals surface area contributed by atoms with E-state index in [-0.39, 0.29) is 5.41 Å². The van der Waals surface area contributed by atoms with Crippen LogP contribution in [0.2, 0.25) is 0 Å². The summed E-state index contributed by atoms with van der Waals surface area (Å²) in [4.78, 5) is 12.6. The van der Waals surface area contributed by atoms with E-state index < -0.39 is 0 Å². The molecule has 2 aromatic rings. The Labute approximate surface area is 192 Å². The summed E-state index contributed by atoms with van der Waals surface area (Å²) in [6, 6.07) is 7.13. The van der Waals surface area contributed by atoms with Gasteiger partial charge >= 0.3 is 0 Å². The summed E-state index contributed by atoms with van der Waals surface area (Å²) in [7, 11) is 0. The first-order valence-electron chi connectivity index (χ1n) is 12.4. The van der Waals surface area contributed by atoms with Crippen molar-refractivity contribution in [2.75, 3.05) is 17.2 Å². The van der Waals surface area contributed by atoms with Gasteiger partial charge in [0.05, 0.1) is 11.3 Å². The zero-order valence-corrected chi connectivity index (χ0v) is 19.9. The van der Waals surface area contributed by atoms with Crippen molar-refractivity contribution in [3.63, 3.8) is 0 Å². The van der Waals surface area contributed by atoms with Crippen molar-refractivity contribution >= 4 is 11.5 Å². The molecule has 0 saturated carbocycles. The number of hydrogen-bond acceptors (Lipinski definition) is 5. The lowest BCUT2D eigenvalue weighted by atomic mass is 9.64. The number of hydrogen-bond donors (Lipinski definition) is 1. The molecule has 32 heavy (non-hydrogen) atoms. The molecule has 1 fully saturated rings. The van der Waals surface area contributed by atoms with Gasteiger partial charge in [0.1, 0.15) is 17.7 Å². The van der Waals surface area contributed by atoms with Crippen LogP contribution in [-0.2, 0) is 24.7 Å². The Hall–Kier alpha value is -2.61. The second-order valence-electron chi connectivity index (χ2n) is 10.5. The van der Waals surface area contributed by atoms with E-state index in [9.17, 15) is 5.26 Å². The zero-order chi connectivity index (χ0) is 22.6. The zero-order valence-electron chi connectivity index (χ0n) is 19.9. The number of aryl methyl sites for hydroxylation is 1. The van der Waals surface area contributed by atoms with E-state index in [1.807, 2.05) is 6.07 Å². The van der Waals surface area contributed by atoms with Gasteiger partial charge in [-0.15, -0.1) is 0 Å². The molecule has 0 amide bonds. The van der Waals surface area contributed by atoms with Crippen molar-refractivity contribution in [2.24, 2.45) is 5.92 Å². The molecule has 5 rings (SSSR count). The third-order valence-electron chi connectivity index (χ3n) is 8.60. The highest BCUT2D eigenvalue weighted by atomic mass is 15.3. The molecule has 5 nitrogen and oxygen atoms in total. The molecule has 1 aromatic carbocycles. The number of rotatable bonds is 2. The van der Waals surface area contributed by atoms with Crippen LogP contribution in [0.25, 0.3) is 0 Å². The minimum absolute atomic E-state index is 0.0575. The van der Waals surface area contributed by atoms with Gasteiger partial charge in [-0.25, -0.2) is 9.97 Å². The molecule has 1 saturated heterocycles. The Kier molecular flexibility index (Phi) is 5.15. The van der Waals surface area contributed by atoms with Crippen molar-refractivity contribution in [3.8, 4) is 6.07 Å². The van der Waals surface area contributed by atoms with Crippen LogP contribution in [0.3, 0.4) is 0 Å². The number of benzene rings is 1. The molecule has 168 valence electrons. The van der Waals surface area contributed by atoms with Gasteiger partial charge in [-0.05, 0) is 68.1 Å². The van der Waals surface area contributed by atoms with Crippen molar-refractivity contribution in [1.29, 1.82) is 5.26 Å². The average Bonchev–Trinajstić information content (AvgIpc) is 2.93. The van der Waals surface area contributed by atoms with Crippen LogP contribution in [0.5, 0.6) is 0 Å². The number of nitrogen functional groups attached to an aromatic ring is 1. The molecule has 1 aliphatic heterocycles. The number of nitrogens with two attached hydrogens (primary N) is 1. The standard InChI is InChI=1S/C27H35N5/c1-5-24-30-23-13-27(12-10-20(23)26(31-24)32-15-17(3)18(32)4)11-6-7-16(2)19-8-9-22(29)21(14-28)25(19)27/h8-9,16-18H,5-7,10-13,15,29H2,1-4H3/t16-,17?,18?,27-/m0/s1. The summed E-state index contributed by atoms with van der Waals surface area (Å²) in [5.74, 6) is 3.27. The first kappa shape index (κ1) is 21.2. The number of nitrogens with zero attached hydrogens (tertiary/aromatic N) is 4. The van der Waals surface area contributed by atoms with E-state index >= 15 is 0 Å². The van der Waals surface area contributed by atoms with Gasteiger partial charge in [-0.1, -0.05) is 33.3 Å². The number of aromatic nitrogens is 2. The molecule has 2 N–H and O–H groups in total. The van der Waals surface area contributed by atoms with E-state index in [1.165, 1.54) is 34.6 Å². The highest BCUT2D eigenvalue weighted by Gasteiger charge is 2.44. The van der Waals surface area contributed by atoms with Gasteiger partial charge in [-0.3, -0.25) is 0 Å². The first-order valence-corrected chi connectivity index (χ1v) is 12.4. The van der Waals surface area contributed by atoms with Gasteiger partial charge < -0.3 is 10.6 Å². The number of fused-ring (bicyclic) bond motifs is 3. The summed E-state index contributed by atoms with van der Waals surface area (Å²) >= 11 is 0. The molecule has 3 aliphatic rings. The van der Waals surface area contributed by atoms with Crippen LogP contribution < -0.4 is 10.6 Å². The predicted octanol–water partition coefficient (Wildman–Crippen LogP) is 5.05. The second-order valence-corrected chi connectivity index (χ2v) is 10.5. The summed E-state index contributed by atoms with van der Waals surface area (Å²) in [5, 5.41) is 10.1. The van der Waals surface area contributed by atoms with E-state index in [0.29, 0.717) is 29.1 Å². The lowest BCUT2D eigenvalue weighted by Gasteiger charge is -2.48. The maximum Gasteiger partial charge on any atom is 0.136 e. The van der Waals surface area contributed by atoms with E-state index in [0.717, 1.165) is 50.9 Å². The Balaban J connectivity index is 1.65. The van der Waals surface area contributed by atoms with E-state index in [4.69, 9.17) is 15.7 Å². The van der Waals surface area contributed by atoms with E-state index in [2.05, 4.69) is 44.7 Å². The fraction of sp³-hybridized carbons (Fsp3) is 0.593. The Morgan fingerprint density at radius 2 is 2.03 bits per heavy atom. The largest absolute Gasteiger partial charge is 0.398 e. The molecule has 4 atom stereocenters. The lowest BCUT2D eigenvalue weighted by Crippen LogP contribution is -2.54. The van der Waals surface area contributed by atoms with Crippen LogP contribution in [0.4, 0.5) is 11.5 Å². The highest BCUT2D eigenvalue weighted by Crippen LogP contribution is 2.51. The van der Waals surface area contributed by atoms with Gasteiger partial charge in [0.15, 0.2) is 0 Å². The molecule has 2 aliphatic carbocycles. The number of nitriles is 1. The maximum atomic E-state index is 10.1. The fourth-order valence-corrected chi connectivity index (χ4v) is 6.41. The van der Waals surface area contributed by atoms with Crippen molar-refractivity contribution in [2.45, 2.75) is 90.0 Å². The Bertz CT molecular complexity index is 1100. The fourth-order valence-electron chi connectivity index (χ4n) is 6.41. The molecule has 2 unspecified atom stereocenters. The van der Waals surface area contributed by atoms with Gasteiger partial charge in [0.25, 0.3) is 0 Å². The van der Waals surface area contributed by atoms with Gasteiger partial charge in [0.2, 0.25) is 0 Å². The topological polar surface area (TPSA) is 78.8 Å².